The standard InChI is InChI=1S/C22H32N2O9S2/c1-15(16(2)25)24(35(28,29)18-8-10-20(31-4)22(14-18)33-6)12-11-23-34(26,27)17-7-9-19(30-3)21(13-17)32-5/h7-10,13-16,23,25H,11-12H2,1-6H3. The number of ether oxygens (including phenoxy) is 4. The number of methoxy groups -OCH3 is 4. The summed E-state index contributed by atoms with van der Waals surface area (Å²) in [4.78, 5) is -0.168. The summed E-state index contributed by atoms with van der Waals surface area (Å²) >= 11 is 0. The van der Waals surface area contributed by atoms with Gasteiger partial charge in [0, 0.05) is 31.3 Å². The van der Waals surface area contributed by atoms with E-state index in [0.29, 0.717) is 11.5 Å². The van der Waals surface area contributed by atoms with Crippen molar-refractivity contribution in [3.05, 3.63) is 36.4 Å². The highest BCUT2D eigenvalue weighted by molar-refractivity contribution is 7.89. The summed E-state index contributed by atoms with van der Waals surface area (Å²) in [6.45, 7) is 2.50. The van der Waals surface area contributed by atoms with E-state index in [1.807, 2.05) is 0 Å². The zero-order valence-corrected chi connectivity index (χ0v) is 22.1. The molecule has 13 heteroatoms. The maximum atomic E-state index is 13.4. The average molecular weight is 533 g/mol. The molecule has 0 radical (unpaired) electrons. The predicted molar refractivity (Wildman–Crippen MR) is 129 cm³/mol. The van der Waals surface area contributed by atoms with Crippen molar-refractivity contribution < 1.29 is 40.9 Å². The molecule has 0 spiro atoms. The van der Waals surface area contributed by atoms with E-state index in [0.717, 1.165) is 4.31 Å². The van der Waals surface area contributed by atoms with Crippen LogP contribution in [0.4, 0.5) is 0 Å². The third-order valence-electron chi connectivity index (χ3n) is 5.40. The van der Waals surface area contributed by atoms with Gasteiger partial charge >= 0.3 is 0 Å². The van der Waals surface area contributed by atoms with Crippen molar-refractivity contribution in [1.82, 2.24) is 9.03 Å². The topological polar surface area (TPSA) is 141 Å². The van der Waals surface area contributed by atoms with E-state index < -0.39 is 32.2 Å². The second-order valence-electron chi connectivity index (χ2n) is 7.53. The molecular formula is C22H32N2O9S2. The smallest absolute Gasteiger partial charge is 0.243 e. The Morgan fingerprint density at radius 2 is 1.26 bits per heavy atom. The monoisotopic (exact) mass is 532 g/mol. The van der Waals surface area contributed by atoms with Gasteiger partial charge in [0.15, 0.2) is 23.0 Å². The number of hydrogen-bond acceptors (Lipinski definition) is 9. The molecular weight excluding hydrogens is 500 g/mol. The fourth-order valence-electron chi connectivity index (χ4n) is 3.25. The highest BCUT2D eigenvalue weighted by Gasteiger charge is 2.32. The van der Waals surface area contributed by atoms with Crippen molar-refractivity contribution in [1.29, 1.82) is 0 Å². The maximum Gasteiger partial charge on any atom is 0.243 e. The second kappa shape index (κ2) is 11.9. The molecule has 35 heavy (non-hydrogen) atoms. The van der Waals surface area contributed by atoms with Gasteiger partial charge in [0.05, 0.1) is 44.3 Å². The van der Waals surface area contributed by atoms with Crippen LogP contribution < -0.4 is 23.7 Å². The molecule has 196 valence electrons. The average Bonchev–Trinajstić information content (AvgIpc) is 2.84. The summed E-state index contributed by atoms with van der Waals surface area (Å²) in [5.74, 6) is 1.16. The van der Waals surface area contributed by atoms with Gasteiger partial charge in [-0.1, -0.05) is 0 Å². The Labute approximate surface area is 206 Å². The van der Waals surface area contributed by atoms with E-state index in [9.17, 15) is 21.9 Å². The molecule has 0 aromatic heterocycles. The molecule has 0 aliphatic heterocycles. The first kappa shape index (κ1) is 28.7. The summed E-state index contributed by atoms with van der Waals surface area (Å²) in [7, 11) is -2.51. The molecule has 2 aromatic carbocycles. The summed E-state index contributed by atoms with van der Waals surface area (Å²) in [6, 6.07) is 7.38. The lowest BCUT2D eigenvalue weighted by Gasteiger charge is -2.30. The van der Waals surface area contributed by atoms with E-state index >= 15 is 0 Å². The number of rotatable bonds is 13. The van der Waals surface area contributed by atoms with E-state index in [2.05, 4.69) is 4.72 Å². The molecule has 0 fully saturated rings. The molecule has 2 N–H and O–H groups in total. The number of aliphatic hydroxyl groups excluding tert-OH is 1. The quantitative estimate of drug-likeness (QED) is 0.392. The third kappa shape index (κ3) is 6.55. The minimum absolute atomic E-state index is 0.0759. The molecule has 2 unspecified atom stereocenters. The third-order valence-corrected chi connectivity index (χ3v) is 8.84. The molecule has 2 atom stereocenters. The summed E-state index contributed by atoms with van der Waals surface area (Å²) in [5, 5.41) is 10.1. The fourth-order valence-corrected chi connectivity index (χ4v) is 6.00. The predicted octanol–water partition coefficient (Wildman–Crippen LogP) is 1.46. The van der Waals surface area contributed by atoms with Crippen LogP contribution in [0.25, 0.3) is 0 Å². The number of aliphatic hydroxyl groups is 1. The van der Waals surface area contributed by atoms with E-state index in [-0.39, 0.29) is 34.4 Å². The number of nitrogens with one attached hydrogen (secondary N) is 1. The highest BCUT2D eigenvalue weighted by Crippen LogP contribution is 2.32. The maximum absolute atomic E-state index is 13.4. The van der Waals surface area contributed by atoms with E-state index in [4.69, 9.17) is 18.9 Å². The molecule has 0 saturated carbocycles. The fraction of sp³-hybridized carbons (Fsp3) is 0.455. The first-order valence-electron chi connectivity index (χ1n) is 10.6. The van der Waals surface area contributed by atoms with Crippen molar-refractivity contribution in [3.63, 3.8) is 0 Å². The van der Waals surface area contributed by atoms with Gasteiger partial charge in [-0.25, -0.2) is 21.6 Å². The van der Waals surface area contributed by atoms with Gasteiger partial charge in [0.2, 0.25) is 20.0 Å². The van der Waals surface area contributed by atoms with Crippen LogP contribution in [0.2, 0.25) is 0 Å². The Morgan fingerprint density at radius 1 is 0.800 bits per heavy atom. The molecule has 2 rings (SSSR count). The molecule has 0 saturated heterocycles. The molecule has 0 aliphatic rings. The van der Waals surface area contributed by atoms with Gasteiger partial charge in [-0.3, -0.25) is 0 Å². The minimum Gasteiger partial charge on any atom is -0.493 e. The van der Waals surface area contributed by atoms with Gasteiger partial charge in [0.25, 0.3) is 0 Å². The number of sulfonamides is 2. The Hall–Kier alpha value is -2.58. The van der Waals surface area contributed by atoms with Crippen LogP contribution in [0.1, 0.15) is 13.8 Å². The van der Waals surface area contributed by atoms with Crippen molar-refractivity contribution in [3.8, 4) is 23.0 Å². The lowest BCUT2D eigenvalue weighted by atomic mass is 10.2. The van der Waals surface area contributed by atoms with Crippen molar-refractivity contribution in [2.75, 3.05) is 41.5 Å². The van der Waals surface area contributed by atoms with Gasteiger partial charge in [-0.2, -0.15) is 4.31 Å². The van der Waals surface area contributed by atoms with Crippen molar-refractivity contribution in [2.45, 2.75) is 35.8 Å². The summed E-state index contributed by atoms with van der Waals surface area (Å²) in [5.41, 5.74) is 0. The Bertz CT molecular complexity index is 1220. The largest absolute Gasteiger partial charge is 0.493 e. The SMILES string of the molecule is COc1ccc(S(=O)(=O)NCCN(C(C)C(C)O)S(=O)(=O)c2ccc(OC)c(OC)c2)cc1OC. The first-order chi connectivity index (χ1) is 16.4. The minimum atomic E-state index is -4.14. The van der Waals surface area contributed by atoms with Crippen LogP contribution in [-0.4, -0.2) is 79.9 Å². The number of benzene rings is 2. The normalized spacial score (nSPS) is 13.8. The Kier molecular flexibility index (Phi) is 9.75. The van der Waals surface area contributed by atoms with Crippen LogP contribution in [0.3, 0.4) is 0 Å². The Morgan fingerprint density at radius 3 is 1.71 bits per heavy atom. The molecule has 0 amide bonds. The summed E-state index contributed by atoms with van der Waals surface area (Å²) < 4.78 is 76.5. The zero-order valence-electron chi connectivity index (χ0n) is 20.5. The van der Waals surface area contributed by atoms with Gasteiger partial charge in [-0.05, 0) is 38.1 Å². The second-order valence-corrected chi connectivity index (χ2v) is 11.2. The highest BCUT2D eigenvalue weighted by atomic mass is 32.2. The molecule has 11 nitrogen and oxygen atoms in total. The Balaban J connectivity index is 2.31. The van der Waals surface area contributed by atoms with E-state index in [1.54, 1.807) is 0 Å². The van der Waals surface area contributed by atoms with E-state index in [1.165, 1.54) is 78.7 Å². The van der Waals surface area contributed by atoms with Crippen LogP contribution in [0, 0.1) is 0 Å². The van der Waals surface area contributed by atoms with Crippen LogP contribution >= 0.6 is 0 Å². The number of hydrogen-bond donors (Lipinski definition) is 2. The van der Waals surface area contributed by atoms with Crippen LogP contribution in [-0.2, 0) is 20.0 Å². The van der Waals surface area contributed by atoms with Gasteiger partial charge < -0.3 is 24.1 Å². The lowest BCUT2D eigenvalue weighted by Crippen LogP contribution is -2.47. The zero-order chi connectivity index (χ0) is 26.4. The first-order valence-corrected chi connectivity index (χ1v) is 13.5. The van der Waals surface area contributed by atoms with Crippen LogP contribution in [0.15, 0.2) is 46.2 Å². The number of nitrogens with zero attached hydrogens (tertiary/aromatic N) is 1. The molecule has 0 aliphatic carbocycles. The van der Waals surface area contributed by atoms with Crippen molar-refractivity contribution >= 4 is 20.0 Å². The molecule has 0 heterocycles. The van der Waals surface area contributed by atoms with Crippen LogP contribution in [0.5, 0.6) is 23.0 Å². The lowest BCUT2D eigenvalue weighted by molar-refractivity contribution is 0.115. The van der Waals surface area contributed by atoms with Gasteiger partial charge in [0.1, 0.15) is 0 Å². The summed E-state index contributed by atoms with van der Waals surface area (Å²) in [6.07, 6.45) is -1.02. The molecule has 2 aromatic rings. The van der Waals surface area contributed by atoms with Gasteiger partial charge in [-0.15, -0.1) is 0 Å². The van der Waals surface area contributed by atoms with Crippen molar-refractivity contribution in [2.24, 2.45) is 0 Å². The molecule has 0 bridgehead atoms.